The van der Waals surface area contributed by atoms with E-state index >= 15 is 0 Å². The monoisotopic (exact) mass is 585 g/mol. The normalized spacial score (nSPS) is 11.2. The molecule has 0 bridgehead atoms. The Kier molecular flexibility index (Phi) is 12.4. The van der Waals surface area contributed by atoms with Crippen LogP contribution in [0.2, 0.25) is 0 Å². The molecule has 0 aliphatic heterocycles. The van der Waals surface area contributed by atoms with Crippen LogP contribution in [0.15, 0.2) is 66.7 Å². The third kappa shape index (κ3) is 10.3. The maximum Gasteiger partial charge on any atom is 0.323 e. The van der Waals surface area contributed by atoms with E-state index < -0.39 is 5.97 Å². The minimum atomic E-state index is -0.886. The van der Waals surface area contributed by atoms with Gasteiger partial charge < -0.3 is 15.2 Å². The molecule has 0 aromatic heterocycles. The minimum absolute atomic E-state index is 0.0842. The van der Waals surface area contributed by atoms with E-state index in [4.69, 9.17) is 10.1 Å². The Bertz CT molecular complexity index is 1360. The van der Waals surface area contributed by atoms with E-state index in [1.54, 1.807) is 0 Å². The molecule has 7 nitrogen and oxygen atoms in total. The Labute approximate surface area is 256 Å². The van der Waals surface area contributed by atoms with Crippen LogP contribution >= 0.6 is 0 Å². The highest BCUT2D eigenvalue weighted by molar-refractivity contribution is 5.95. The van der Waals surface area contributed by atoms with E-state index in [1.807, 2.05) is 49.4 Å². The number of unbranched alkanes of at least 4 members (excludes halogenated alkanes) is 1. The summed E-state index contributed by atoms with van der Waals surface area (Å²) < 4.78 is 5.83. The lowest BCUT2D eigenvalue weighted by molar-refractivity contribution is -0.136. The number of rotatable bonds is 14. The first kappa shape index (κ1) is 33.4. The molecule has 0 heterocycles. The maximum absolute atomic E-state index is 12.8. The largest absolute Gasteiger partial charge is 0.493 e. The summed E-state index contributed by atoms with van der Waals surface area (Å²) in [6.45, 7) is 11.9. The lowest BCUT2D eigenvalue weighted by Gasteiger charge is -2.22. The van der Waals surface area contributed by atoms with E-state index in [-0.39, 0.29) is 17.9 Å². The first-order valence-electron chi connectivity index (χ1n) is 15.3. The van der Waals surface area contributed by atoms with Crippen molar-refractivity contribution >= 4 is 17.8 Å². The zero-order chi connectivity index (χ0) is 31.4. The molecule has 0 radical (unpaired) electrons. The van der Waals surface area contributed by atoms with Crippen LogP contribution in [0.4, 0.5) is 4.79 Å². The Balaban J connectivity index is 1.52. The third-order valence-electron chi connectivity index (χ3n) is 7.47. The van der Waals surface area contributed by atoms with Gasteiger partial charge in [-0.25, -0.2) is 4.79 Å². The lowest BCUT2D eigenvalue weighted by Crippen LogP contribution is -2.43. The summed E-state index contributed by atoms with van der Waals surface area (Å²) in [5.74, 6) is 0.0542. The molecule has 230 valence electrons. The summed E-state index contributed by atoms with van der Waals surface area (Å²) in [4.78, 5) is 25.7. The summed E-state index contributed by atoms with van der Waals surface area (Å²) in [5, 5.41) is 20.8. The smallest absolute Gasteiger partial charge is 0.323 e. The van der Waals surface area contributed by atoms with Crippen molar-refractivity contribution in [2.24, 2.45) is 0 Å². The highest BCUT2D eigenvalue weighted by Gasteiger charge is 2.17. The van der Waals surface area contributed by atoms with Crippen LogP contribution in [0, 0.1) is 5.41 Å². The highest BCUT2D eigenvalue weighted by Crippen LogP contribution is 2.28. The van der Waals surface area contributed by atoms with Crippen molar-refractivity contribution in [1.82, 2.24) is 10.2 Å². The molecule has 0 aliphatic rings. The minimum Gasteiger partial charge on any atom is -0.493 e. The van der Waals surface area contributed by atoms with Gasteiger partial charge in [0.2, 0.25) is 0 Å². The maximum atomic E-state index is 12.8. The van der Waals surface area contributed by atoms with Crippen LogP contribution in [0.1, 0.15) is 82.6 Å². The number of hydrogen-bond donors (Lipinski definition) is 3. The lowest BCUT2D eigenvalue weighted by atomic mass is 9.87. The molecule has 3 aromatic carbocycles. The second kappa shape index (κ2) is 15.9. The van der Waals surface area contributed by atoms with E-state index in [9.17, 15) is 14.7 Å². The number of amidine groups is 1. The number of benzene rings is 3. The predicted molar refractivity (Wildman–Crippen MR) is 174 cm³/mol. The number of urea groups is 1. The van der Waals surface area contributed by atoms with Crippen LogP contribution in [-0.4, -0.2) is 41.0 Å². The number of ether oxygens (including phenoxy) is 1. The van der Waals surface area contributed by atoms with Gasteiger partial charge in [0.1, 0.15) is 11.6 Å². The van der Waals surface area contributed by atoms with Crippen LogP contribution in [0.5, 0.6) is 5.75 Å². The van der Waals surface area contributed by atoms with Crippen molar-refractivity contribution in [3.63, 3.8) is 0 Å². The summed E-state index contributed by atoms with van der Waals surface area (Å²) in [5.41, 5.74) is 6.13. The number of nitrogens with zero attached hydrogens (tertiary/aromatic N) is 1. The van der Waals surface area contributed by atoms with E-state index in [0.29, 0.717) is 43.3 Å². The highest BCUT2D eigenvalue weighted by atomic mass is 16.5. The second-order valence-electron chi connectivity index (χ2n) is 11.9. The van der Waals surface area contributed by atoms with Crippen molar-refractivity contribution in [3.8, 4) is 16.9 Å². The van der Waals surface area contributed by atoms with E-state index in [2.05, 4.69) is 57.3 Å². The quantitative estimate of drug-likeness (QED) is 0.101. The standard InChI is InChI=1S/C36H47N3O4/c1-6-8-22-43-32-21-18-29(23-30(32)24-34(40)41)28-16-12-26(13-17-28)10-9-11-33(37)39(7-2)35(42)38-25-27-14-19-31(20-15-27)36(3,4)5/h12-21,23,37H,6-11,22,24-25H2,1-5H3,(H,38,42)(H,40,41). The molecule has 0 unspecified atom stereocenters. The van der Waals surface area contributed by atoms with Crippen molar-refractivity contribution in [3.05, 3.63) is 89.0 Å². The number of aryl methyl sites for hydroxylation is 1. The number of carbonyl (C=O) groups is 2. The van der Waals surface area contributed by atoms with Crippen molar-refractivity contribution in [2.75, 3.05) is 13.2 Å². The summed E-state index contributed by atoms with van der Waals surface area (Å²) >= 11 is 0. The Morgan fingerprint density at radius 3 is 2.16 bits per heavy atom. The van der Waals surface area contributed by atoms with E-state index in [1.165, 1.54) is 10.5 Å². The molecule has 3 aromatic rings. The molecule has 0 fully saturated rings. The van der Waals surface area contributed by atoms with Gasteiger partial charge >= 0.3 is 12.0 Å². The molecular formula is C36H47N3O4. The van der Waals surface area contributed by atoms with Crippen molar-refractivity contribution < 1.29 is 19.4 Å². The number of aliphatic carboxylic acids is 1. The van der Waals surface area contributed by atoms with Crippen molar-refractivity contribution in [1.29, 1.82) is 5.41 Å². The van der Waals surface area contributed by atoms with Gasteiger partial charge in [-0.15, -0.1) is 0 Å². The SMILES string of the molecule is CCCCOc1ccc(-c2ccc(CCCC(=N)N(CC)C(=O)NCc3ccc(C(C)(C)C)cc3)cc2)cc1CC(=O)O. The van der Waals surface area contributed by atoms with Gasteiger partial charge in [-0.3, -0.25) is 15.1 Å². The second-order valence-corrected chi connectivity index (χ2v) is 11.9. The van der Waals surface area contributed by atoms with Crippen LogP contribution in [0.25, 0.3) is 11.1 Å². The van der Waals surface area contributed by atoms with Gasteiger partial charge in [0, 0.05) is 25.1 Å². The Morgan fingerprint density at radius 2 is 1.56 bits per heavy atom. The molecule has 0 saturated carbocycles. The van der Waals surface area contributed by atoms with Crippen molar-refractivity contribution in [2.45, 2.75) is 85.1 Å². The molecule has 0 aliphatic carbocycles. The Hall–Kier alpha value is -4.13. The van der Waals surface area contributed by atoms with Crippen LogP contribution in [-0.2, 0) is 29.6 Å². The molecule has 2 amide bonds. The average Bonchev–Trinajstić information content (AvgIpc) is 2.97. The fourth-order valence-electron chi connectivity index (χ4n) is 4.84. The van der Waals surface area contributed by atoms with Gasteiger partial charge in [-0.05, 0) is 71.6 Å². The molecule has 0 atom stereocenters. The zero-order valence-electron chi connectivity index (χ0n) is 26.3. The molecule has 3 rings (SSSR count). The predicted octanol–water partition coefficient (Wildman–Crippen LogP) is 7.99. The van der Waals surface area contributed by atoms with Gasteiger partial charge in [-0.1, -0.05) is 88.7 Å². The number of hydrogen-bond acceptors (Lipinski definition) is 4. The Morgan fingerprint density at radius 1 is 0.907 bits per heavy atom. The average molecular weight is 586 g/mol. The van der Waals surface area contributed by atoms with Gasteiger partial charge in [0.25, 0.3) is 0 Å². The number of carboxylic acid groups (broad SMARTS) is 1. The molecule has 0 spiro atoms. The van der Waals surface area contributed by atoms with Gasteiger partial charge in [-0.2, -0.15) is 0 Å². The van der Waals surface area contributed by atoms with Gasteiger partial charge in [0.05, 0.1) is 13.0 Å². The summed E-state index contributed by atoms with van der Waals surface area (Å²) in [7, 11) is 0. The first-order chi connectivity index (χ1) is 20.5. The molecule has 0 saturated heterocycles. The molecular weight excluding hydrogens is 538 g/mol. The number of carbonyl (C=O) groups excluding carboxylic acids is 1. The van der Waals surface area contributed by atoms with E-state index in [0.717, 1.165) is 47.9 Å². The number of nitrogens with one attached hydrogen (secondary N) is 2. The number of amides is 2. The van der Waals surface area contributed by atoms with Crippen LogP contribution < -0.4 is 10.1 Å². The zero-order valence-corrected chi connectivity index (χ0v) is 26.3. The number of carboxylic acids is 1. The fraction of sp³-hybridized carbons (Fsp3) is 0.417. The molecule has 7 heteroatoms. The van der Waals surface area contributed by atoms with Gasteiger partial charge in [0.15, 0.2) is 0 Å². The van der Waals surface area contributed by atoms with Crippen LogP contribution in [0.3, 0.4) is 0 Å². The topological polar surface area (TPSA) is 103 Å². The third-order valence-corrected chi connectivity index (χ3v) is 7.47. The molecule has 43 heavy (non-hydrogen) atoms. The molecule has 3 N–H and O–H groups in total. The summed E-state index contributed by atoms with van der Waals surface area (Å²) in [6, 6.07) is 22.0. The summed E-state index contributed by atoms with van der Waals surface area (Å²) in [6.07, 6.45) is 3.89. The fourth-order valence-corrected chi connectivity index (χ4v) is 4.84. The first-order valence-corrected chi connectivity index (χ1v) is 15.3.